The van der Waals surface area contributed by atoms with Crippen molar-refractivity contribution in [2.45, 2.75) is 109 Å². The van der Waals surface area contributed by atoms with E-state index in [1.54, 1.807) is 0 Å². The first-order chi connectivity index (χ1) is 12.1. The fourth-order valence-electron chi connectivity index (χ4n) is 2.87. The fourth-order valence-corrected chi connectivity index (χ4v) is 2.87. The monoisotopic (exact) mass is 358 g/mol. The van der Waals surface area contributed by atoms with E-state index >= 15 is 0 Å². The highest BCUT2D eigenvalue weighted by atomic mass is 16.6. The standard InChI is InChI=1S/C20H38O5/c1-2-3-4-11-14-18(22)15-12-9-7-5-6-8-10-13-16-19(23)25-20(24)17-21/h18,21-22H,2-17H2,1H3/t18-/m1/s1. The molecule has 25 heavy (non-hydrogen) atoms. The predicted molar refractivity (Wildman–Crippen MR) is 99.1 cm³/mol. The zero-order valence-corrected chi connectivity index (χ0v) is 16.0. The molecule has 0 aromatic carbocycles. The minimum absolute atomic E-state index is 0.116. The Labute approximate surface area is 153 Å². The van der Waals surface area contributed by atoms with Crippen LogP contribution in [-0.2, 0) is 14.3 Å². The summed E-state index contributed by atoms with van der Waals surface area (Å²) in [6.45, 7) is 1.45. The van der Waals surface area contributed by atoms with Gasteiger partial charge < -0.3 is 14.9 Å². The maximum absolute atomic E-state index is 11.2. The maximum Gasteiger partial charge on any atom is 0.339 e. The van der Waals surface area contributed by atoms with Gasteiger partial charge in [-0.2, -0.15) is 0 Å². The van der Waals surface area contributed by atoms with Crippen LogP contribution in [0.1, 0.15) is 103 Å². The summed E-state index contributed by atoms with van der Waals surface area (Å²) in [7, 11) is 0. The molecule has 5 nitrogen and oxygen atoms in total. The summed E-state index contributed by atoms with van der Waals surface area (Å²) in [5, 5.41) is 18.4. The van der Waals surface area contributed by atoms with Crippen molar-refractivity contribution in [2.75, 3.05) is 6.61 Å². The van der Waals surface area contributed by atoms with Crippen LogP contribution in [-0.4, -0.2) is 34.9 Å². The lowest BCUT2D eigenvalue weighted by Gasteiger charge is -2.10. The number of rotatable bonds is 17. The largest absolute Gasteiger partial charge is 0.393 e. The Bertz CT molecular complexity index is 330. The van der Waals surface area contributed by atoms with Gasteiger partial charge in [-0.25, -0.2) is 4.79 Å². The highest BCUT2D eigenvalue weighted by Crippen LogP contribution is 2.14. The second kappa shape index (κ2) is 17.9. The van der Waals surface area contributed by atoms with E-state index in [0.29, 0.717) is 0 Å². The normalized spacial score (nSPS) is 12.1. The van der Waals surface area contributed by atoms with Crippen LogP contribution in [0.15, 0.2) is 0 Å². The molecule has 0 rings (SSSR count). The number of hydrogen-bond donors (Lipinski definition) is 2. The predicted octanol–water partition coefficient (Wildman–Crippen LogP) is 4.28. The number of ether oxygens (including phenoxy) is 1. The molecule has 0 aromatic heterocycles. The van der Waals surface area contributed by atoms with Gasteiger partial charge in [0, 0.05) is 6.42 Å². The summed E-state index contributed by atoms with van der Waals surface area (Å²) >= 11 is 0. The van der Waals surface area contributed by atoms with Crippen LogP contribution in [0.3, 0.4) is 0 Å². The molecule has 0 aliphatic carbocycles. The quantitative estimate of drug-likeness (QED) is 0.230. The molecule has 0 aliphatic rings. The van der Waals surface area contributed by atoms with Crippen LogP contribution < -0.4 is 0 Å². The van der Waals surface area contributed by atoms with Gasteiger partial charge in [0.2, 0.25) is 0 Å². The number of carbonyl (C=O) groups is 2. The van der Waals surface area contributed by atoms with Gasteiger partial charge in [0.05, 0.1) is 6.10 Å². The van der Waals surface area contributed by atoms with Crippen molar-refractivity contribution < 1.29 is 24.5 Å². The zero-order chi connectivity index (χ0) is 18.8. The first kappa shape index (κ1) is 24.1. The fraction of sp³-hybridized carbons (Fsp3) is 0.900. The van der Waals surface area contributed by atoms with Gasteiger partial charge >= 0.3 is 11.9 Å². The third-order valence-corrected chi connectivity index (χ3v) is 4.42. The molecule has 0 spiro atoms. The number of aliphatic hydroxyl groups excluding tert-OH is 2. The molecule has 148 valence electrons. The molecule has 0 fully saturated rings. The summed E-state index contributed by atoms with van der Waals surface area (Å²) in [6.07, 6.45) is 15.5. The zero-order valence-electron chi connectivity index (χ0n) is 16.0. The van der Waals surface area contributed by atoms with E-state index in [1.165, 1.54) is 38.5 Å². The van der Waals surface area contributed by atoms with Crippen molar-refractivity contribution in [2.24, 2.45) is 0 Å². The molecular formula is C20H38O5. The van der Waals surface area contributed by atoms with Gasteiger partial charge in [-0.15, -0.1) is 0 Å². The summed E-state index contributed by atoms with van der Waals surface area (Å²) in [6, 6.07) is 0. The van der Waals surface area contributed by atoms with Gasteiger partial charge in [0.1, 0.15) is 6.61 Å². The second-order valence-corrected chi connectivity index (χ2v) is 6.87. The van der Waals surface area contributed by atoms with Crippen molar-refractivity contribution >= 4 is 11.9 Å². The van der Waals surface area contributed by atoms with E-state index < -0.39 is 18.5 Å². The molecule has 0 saturated heterocycles. The SMILES string of the molecule is CCCCCC[C@@H](O)CCCCCCCCCCC(=O)OC(=O)CO. The molecule has 0 heterocycles. The van der Waals surface area contributed by atoms with Crippen molar-refractivity contribution in [1.29, 1.82) is 0 Å². The summed E-state index contributed by atoms with van der Waals surface area (Å²) < 4.78 is 4.38. The lowest BCUT2D eigenvalue weighted by Crippen LogP contribution is -2.14. The van der Waals surface area contributed by atoms with Gasteiger partial charge in [-0.3, -0.25) is 4.79 Å². The van der Waals surface area contributed by atoms with Crippen molar-refractivity contribution in [3.63, 3.8) is 0 Å². The summed E-state index contributed by atoms with van der Waals surface area (Å²) in [4.78, 5) is 21.9. The van der Waals surface area contributed by atoms with Crippen LogP contribution in [0, 0.1) is 0 Å². The van der Waals surface area contributed by atoms with E-state index in [2.05, 4.69) is 11.7 Å². The van der Waals surface area contributed by atoms with Gasteiger partial charge in [0.15, 0.2) is 0 Å². The number of carbonyl (C=O) groups excluding carboxylic acids is 2. The Morgan fingerprint density at radius 1 is 0.760 bits per heavy atom. The molecule has 0 radical (unpaired) electrons. The highest BCUT2D eigenvalue weighted by molar-refractivity contribution is 5.85. The molecule has 0 bridgehead atoms. The Kier molecular flexibility index (Phi) is 17.2. The molecule has 1 atom stereocenters. The van der Waals surface area contributed by atoms with Crippen molar-refractivity contribution in [3.05, 3.63) is 0 Å². The molecule has 0 amide bonds. The van der Waals surface area contributed by atoms with Crippen molar-refractivity contribution in [3.8, 4) is 0 Å². The Morgan fingerprint density at radius 2 is 1.24 bits per heavy atom. The molecule has 0 unspecified atom stereocenters. The molecule has 0 saturated carbocycles. The van der Waals surface area contributed by atoms with Crippen LogP contribution in [0.4, 0.5) is 0 Å². The van der Waals surface area contributed by atoms with Gasteiger partial charge in [0.25, 0.3) is 0 Å². The van der Waals surface area contributed by atoms with Crippen LogP contribution >= 0.6 is 0 Å². The maximum atomic E-state index is 11.2. The Balaban J connectivity index is 3.25. The second-order valence-electron chi connectivity index (χ2n) is 6.87. The third kappa shape index (κ3) is 17.7. The highest BCUT2D eigenvalue weighted by Gasteiger charge is 2.08. The molecule has 0 aromatic rings. The minimum Gasteiger partial charge on any atom is -0.393 e. The average Bonchev–Trinajstić information content (AvgIpc) is 2.60. The smallest absolute Gasteiger partial charge is 0.339 e. The Hall–Kier alpha value is -0.940. The lowest BCUT2D eigenvalue weighted by atomic mass is 10.0. The van der Waals surface area contributed by atoms with Crippen LogP contribution in [0.5, 0.6) is 0 Å². The van der Waals surface area contributed by atoms with E-state index in [9.17, 15) is 14.7 Å². The first-order valence-corrected chi connectivity index (χ1v) is 10.1. The third-order valence-electron chi connectivity index (χ3n) is 4.42. The van der Waals surface area contributed by atoms with Gasteiger partial charge in [-0.05, 0) is 19.3 Å². The molecular weight excluding hydrogens is 320 g/mol. The minimum atomic E-state index is -0.879. The molecule has 5 heteroatoms. The molecule has 2 N–H and O–H groups in total. The number of unbranched alkanes of at least 4 members (excludes halogenated alkanes) is 10. The number of esters is 2. The first-order valence-electron chi connectivity index (χ1n) is 10.1. The number of aliphatic hydroxyl groups is 2. The molecule has 0 aliphatic heterocycles. The van der Waals surface area contributed by atoms with E-state index in [1.807, 2.05) is 0 Å². The summed E-state index contributed by atoms with van der Waals surface area (Å²) in [5.74, 6) is -1.43. The summed E-state index contributed by atoms with van der Waals surface area (Å²) in [5.41, 5.74) is 0. The van der Waals surface area contributed by atoms with Crippen LogP contribution in [0.25, 0.3) is 0 Å². The van der Waals surface area contributed by atoms with E-state index in [0.717, 1.165) is 51.4 Å². The van der Waals surface area contributed by atoms with Crippen LogP contribution in [0.2, 0.25) is 0 Å². The van der Waals surface area contributed by atoms with E-state index in [-0.39, 0.29) is 12.5 Å². The van der Waals surface area contributed by atoms with E-state index in [4.69, 9.17) is 5.11 Å². The van der Waals surface area contributed by atoms with Gasteiger partial charge in [-0.1, -0.05) is 77.6 Å². The topological polar surface area (TPSA) is 83.8 Å². The Morgan fingerprint density at radius 3 is 1.76 bits per heavy atom. The lowest BCUT2D eigenvalue weighted by molar-refractivity contribution is -0.161. The van der Waals surface area contributed by atoms with Crippen molar-refractivity contribution in [1.82, 2.24) is 0 Å². The number of hydrogen-bond acceptors (Lipinski definition) is 5. The average molecular weight is 359 g/mol.